The molecule has 0 spiro atoms. The number of rotatable bonds is 4. The first-order valence-corrected chi connectivity index (χ1v) is 8.01. The predicted octanol–water partition coefficient (Wildman–Crippen LogP) is 1.61. The van der Waals surface area contributed by atoms with Crippen molar-refractivity contribution in [3.8, 4) is 0 Å². The van der Waals surface area contributed by atoms with Gasteiger partial charge in [0, 0.05) is 32.0 Å². The Bertz CT molecular complexity index is 502. The molecule has 3 rings (SSSR count). The molecule has 116 valence electrons. The van der Waals surface area contributed by atoms with Crippen LogP contribution in [0.4, 0.5) is 0 Å². The summed E-state index contributed by atoms with van der Waals surface area (Å²) in [6.07, 6.45) is 5.37. The topological polar surface area (TPSA) is 62.5 Å². The lowest BCUT2D eigenvalue weighted by Gasteiger charge is -2.33. The van der Waals surface area contributed by atoms with E-state index in [0.717, 1.165) is 44.6 Å². The second-order valence-electron chi connectivity index (χ2n) is 6.06. The summed E-state index contributed by atoms with van der Waals surface area (Å²) in [6.45, 7) is 6.38. The molecule has 2 aliphatic heterocycles. The van der Waals surface area contributed by atoms with E-state index in [1.165, 1.54) is 6.42 Å². The van der Waals surface area contributed by atoms with E-state index >= 15 is 0 Å². The van der Waals surface area contributed by atoms with E-state index in [0.29, 0.717) is 24.5 Å². The second-order valence-corrected chi connectivity index (χ2v) is 6.06. The van der Waals surface area contributed by atoms with Crippen LogP contribution in [-0.2, 0) is 17.8 Å². The molecule has 0 N–H and O–H groups in total. The van der Waals surface area contributed by atoms with Crippen molar-refractivity contribution in [3.05, 3.63) is 11.7 Å². The number of nitrogens with zero attached hydrogens (tertiary/aromatic N) is 4. The monoisotopic (exact) mass is 292 g/mol. The van der Waals surface area contributed by atoms with Gasteiger partial charge in [-0.05, 0) is 32.2 Å². The lowest BCUT2D eigenvalue weighted by Crippen LogP contribution is -2.47. The Morgan fingerprint density at radius 2 is 2.05 bits per heavy atom. The number of amides is 1. The summed E-state index contributed by atoms with van der Waals surface area (Å²) in [5.74, 6) is 1.67. The summed E-state index contributed by atoms with van der Waals surface area (Å²) in [5, 5.41) is 3.97. The Kier molecular flexibility index (Phi) is 4.24. The quantitative estimate of drug-likeness (QED) is 0.843. The van der Waals surface area contributed by atoms with Crippen LogP contribution in [0, 0.1) is 0 Å². The summed E-state index contributed by atoms with van der Waals surface area (Å²) in [7, 11) is 0. The molecule has 2 atom stereocenters. The molecule has 1 aromatic rings. The number of aromatic nitrogens is 2. The highest BCUT2D eigenvalue weighted by atomic mass is 16.5. The standard InChI is InChI=1S/C15H24N4O2/c1-3-14-16-15(21-17-14)10-18-8-4-6-12(18)13-7-5-9-19(13)11(2)20/h12-13H,3-10H2,1-2H3/t12-,13+/m1/s1. The van der Waals surface area contributed by atoms with Crippen molar-refractivity contribution in [2.45, 2.75) is 64.6 Å². The average molecular weight is 292 g/mol. The zero-order valence-electron chi connectivity index (χ0n) is 12.9. The summed E-state index contributed by atoms with van der Waals surface area (Å²) >= 11 is 0. The molecule has 21 heavy (non-hydrogen) atoms. The smallest absolute Gasteiger partial charge is 0.240 e. The molecule has 2 saturated heterocycles. The minimum atomic E-state index is 0.204. The van der Waals surface area contributed by atoms with Crippen molar-refractivity contribution in [1.29, 1.82) is 0 Å². The van der Waals surface area contributed by atoms with Gasteiger partial charge < -0.3 is 9.42 Å². The zero-order chi connectivity index (χ0) is 14.8. The normalized spacial score (nSPS) is 26.7. The molecular weight excluding hydrogens is 268 g/mol. The van der Waals surface area contributed by atoms with Crippen molar-refractivity contribution in [2.24, 2.45) is 0 Å². The van der Waals surface area contributed by atoms with Crippen LogP contribution >= 0.6 is 0 Å². The molecule has 2 fully saturated rings. The van der Waals surface area contributed by atoms with Gasteiger partial charge in [0.25, 0.3) is 0 Å². The highest BCUT2D eigenvalue weighted by Gasteiger charge is 2.39. The third-order valence-electron chi connectivity index (χ3n) is 4.73. The molecule has 1 amide bonds. The Balaban J connectivity index is 1.68. The third-order valence-corrected chi connectivity index (χ3v) is 4.73. The maximum absolute atomic E-state index is 11.8. The van der Waals surface area contributed by atoms with Crippen LogP contribution in [-0.4, -0.2) is 51.0 Å². The van der Waals surface area contributed by atoms with E-state index in [2.05, 4.69) is 15.0 Å². The van der Waals surface area contributed by atoms with E-state index in [1.54, 1.807) is 6.92 Å². The minimum Gasteiger partial charge on any atom is -0.338 e. The SMILES string of the molecule is CCc1noc(CN2CCC[C@@H]2[C@@H]2CCCN2C(C)=O)n1. The predicted molar refractivity (Wildman–Crippen MR) is 77.5 cm³/mol. The lowest BCUT2D eigenvalue weighted by molar-refractivity contribution is -0.130. The molecule has 0 unspecified atom stereocenters. The fourth-order valence-electron chi connectivity index (χ4n) is 3.74. The molecule has 3 heterocycles. The van der Waals surface area contributed by atoms with E-state index in [9.17, 15) is 4.79 Å². The van der Waals surface area contributed by atoms with Gasteiger partial charge >= 0.3 is 0 Å². The molecule has 6 heteroatoms. The van der Waals surface area contributed by atoms with Gasteiger partial charge in [0.1, 0.15) is 0 Å². The number of aryl methyl sites for hydroxylation is 1. The van der Waals surface area contributed by atoms with Gasteiger partial charge in [-0.1, -0.05) is 12.1 Å². The molecule has 6 nitrogen and oxygen atoms in total. The maximum atomic E-state index is 11.8. The molecule has 0 saturated carbocycles. The minimum absolute atomic E-state index is 0.204. The molecule has 2 aliphatic rings. The van der Waals surface area contributed by atoms with Crippen LogP contribution in [0.1, 0.15) is 51.2 Å². The van der Waals surface area contributed by atoms with Gasteiger partial charge in [-0.3, -0.25) is 9.69 Å². The van der Waals surface area contributed by atoms with E-state index in [4.69, 9.17) is 4.52 Å². The molecule has 0 aromatic carbocycles. The lowest BCUT2D eigenvalue weighted by atomic mass is 10.0. The first-order valence-electron chi connectivity index (χ1n) is 8.01. The van der Waals surface area contributed by atoms with Crippen LogP contribution in [0.25, 0.3) is 0 Å². The fraction of sp³-hybridized carbons (Fsp3) is 0.800. The Labute approximate surface area is 125 Å². The summed E-state index contributed by atoms with van der Waals surface area (Å²) in [6, 6.07) is 0.798. The highest BCUT2D eigenvalue weighted by molar-refractivity contribution is 5.74. The van der Waals surface area contributed by atoms with Crippen LogP contribution in [0.2, 0.25) is 0 Å². The average Bonchev–Trinajstić information content (AvgIpc) is 3.18. The largest absolute Gasteiger partial charge is 0.338 e. The molecule has 0 radical (unpaired) electrons. The summed E-state index contributed by atoms with van der Waals surface area (Å²) in [5.41, 5.74) is 0. The van der Waals surface area contributed by atoms with E-state index < -0.39 is 0 Å². The van der Waals surface area contributed by atoms with Gasteiger partial charge in [-0.15, -0.1) is 0 Å². The van der Waals surface area contributed by atoms with Crippen molar-refractivity contribution in [2.75, 3.05) is 13.1 Å². The van der Waals surface area contributed by atoms with Crippen molar-refractivity contribution in [3.63, 3.8) is 0 Å². The Hall–Kier alpha value is -1.43. The van der Waals surface area contributed by atoms with Gasteiger partial charge in [-0.2, -0.15) is 4.98 Å². The molecule has 0 bridgehead atoms. The molecule has 1 aromatic heterocycles. The summed E-state index contributed by atoms with van der Waals surface area (Å²) in [4.78, 5) is 20.7. The third kappa shape index (κ3) is 2.95. The Morgan fingerprint density at radius 3 is 2.76 bits per heavy atom. The highest BCUT2D eigenvalue weighted by Crippen LogP contribution is 2.30. The maximum Gasteiger partial charge on any atom is 0.240 e. The van der Waals surface area contributed by atoms with E-state index in [1.807, 2.05) is 11.8 Å². The number of likely N-dealkylation sites (tertiary alicyclic amines) is 2. The second kappa shape index (κ2) is 6.13. The first kappa shape index (κ1) is 14.5. The molecule has 0 aliphatic carbocycles. The van der Waals surface area contributed by atoms with E-state index in [-0.39, 0.29) is 5.91 Å². The van der Waals surface area contributed by atoms with Crippen LogP contribution in [0.15, 0.2) is 4.52 Å². The van der Waals surface area contributed by atoms with Gasteiger partial charge in [0.2, 0.25) is 11.8 Å². The number of hydrogen-bond acceptors (Lipinski definition) is 5. The number of carbonyl (C=O) groups is 1. The molecular formula is C15H24N4O2. The first-order chi connectivity index (χ1) is 10.2. The zero-order valence-corrected chi connectivity index (χ0v) is 12.9. The van der Waals surface area contributed by atoms with Gasteiger partial charge in [0.15, 0.2) is 5.82 Å². The van der Waals surface area contributed by atoms with Crippen molar-refractivity contribution >= 4 is 5.91 Å². The summed E-state index contributed by atoms with van der Waals surface area (Å²) < 4.78 is 5.32. The Morgan fingerprint density at radius 1 is 1.29 bits per heavy atom. The van der Waals surface area contributed by atoms with Crippen molar-refractivity contribution in [1.82, 2.24) is 19.9 Å². The van der Waals surface area contributed by atoms with Crippen LogP contribution < -0.4 is 0 Å². The fourth-order valence-corrected chi connectivity index (χ4v) is 3.74. The van der Waals surface area contributed by atoms with Crippen molar-refractivity contribution < 1.29 is 9.32 Å². The van der Waals surface area contributed by atoms with Gasteiger partial charge in [-0.25, -0.2) is 0 Å². The number of carbonyl (C=O) groups excluding carboxylic acids is 1. The van der Waals surface area contributed by atoms with Crippen LogP contribution in [0.5, 0.6) is 0 Å². The number of hydrogen-bond donors (Lipinski definition) is 0. The van der Waals surface area contributed by atoms with Crippen LogP contribution in [0.3, 0.4) is 0 Å². The van der Waals surface area contributed by atoms with Gasteiger partial charge in [0.05, 0.1) is 6.54 Å².